The van der Waals surface area contributed by atoms with Crippen LogP contribution in [0.2, 0.25) is 0 Å². The summed E-state index contributed by atoms with van der Waals surface area (Å²) in [6.07, 6.45) is 8.16. The maximum atomic E-state index is 8.34. The fraction of sp³-hybridized carbons (Fsp3) is 0.625. The van der Waals surface area contributed by atoms with E-state index in [1.54, 1.807) is 11.1 Å². The lowest BCUT2D eigenvalue weighted by molar-refractivity contribution is -0.433. The molecule has 242 valence electrons. The van der Waals surface area contributed by atoms with Crippen molar-refractivity contribution in [3.8, 4) is 0 Å². The highest BCUT2D eigenvalue weighted by Crippen LogP contribution is 2.50. The Morgan fingerprint density at radius 1 is 0.636 bits per heavy atom. The topological polar surface area (TPSA) is 90.3 Å². The summed E-state index contributed by atoms with van der Waals surface area (Å²) in [7, 11) is 0. The minimum Gasteiger partial charge on any atom is -0.369 e. The van der Waals surface area contributed by atoms with Crippen LogP contribution in [0.5, 0.6) is 0 Å². The Morgan fingerprint density at radius 3 is 1.52 bits per heavy atom. The highest BCUT2D eigenvalue weighted by Gasteiger charge is 2.40. The first-order chi connectivity index (χ1) is 21.7. The summed E-state index contributed by atoms with van der Waals surface area (Å²) in [5, 5.41) is 24.1. The second kappa shape index (κ2) is 15.3. The number of para-hydroxylation sites is 2. The molecule has 10 nitrogen and oxygen atoms in total. The van der Waals surface area contributed by atoms with Crippen LogP contribution >= 0.6 is 24.5 Å². The number of fused-ring (bicyclic) bond motifs is 4. The van der Waals surface area contributed by atoms with E-state index < -0.39 is 0 Å². The van der Waals surface area contributed by atoms with Crippen molar-refractivity contribution >= 4 is 35.8 Å². The van der Waals surface area contributed by atoms with Gasteiger partial charge in [-0.2, -0.15) is 0 Å². The van der Waals surface area contributed by atoms with Crippen LogP contribution in [0.1, 0.15) is 86.5 Å². The average Bonchev–Trinajstić information content (AvgIpc) is 3.66. The van der Waals surface area contributed by atoms with E-state index in [1.807, 2.05) is 13.8 Å². The lowest BCUT2D eigenvalue weighted by atomic mass is 9.82. The fourth-order valence-electron chi connectivity index (χ4n) is 8.57. The van der Waals surface area contributed by atoms with E-state index in [4.69, 9.17) is 10.5 Å². The van der Waals surface area contributed by atoms with Crippen LogP contribution in [0.15, 0.2) is 36.4 Å². The molecule has 44 heavy (non-hydrogen) atoms. The number of hydrogen-bond donors (Lipinski definition) is 2. The van der Waals surface area contributed by atoms with Gasteiger partial charge in [0, 0.05) is 63.7 Å². The van der Waals surface area contributed by atoms with Gasteiger partial charge in [-0.3, -0.25) is 0 Å². The molecule has 4 aliphatic heterocycles. The van der Waals surface area contributed by atoms with E-state index in [1.165, 1.54) is 74.1 Å². The molecule has 4 heterocycles. The van der Waals surface area contributed by atoms with Gasteiger partial charge in [0.2, 0.25) is 0 Å². The Balaban J connectivity index is 0.000000148. The van der Waals surface area contributed by atoms with Crippen LogP contribution in [-0.2, 0) is 31.8 Å². The summed E-state index contributed by atoms with van der Waals surface area (Å²) in [5.41, 5.74) is 8.70. The summed E-state index contributed by atoms with van der Waals surface area (Å²) in [6.45, 7) is 11.8. The number of nitrogens with zero attached hydrogens (tertiary/aromatic N) is 4. The maximum absolute atomic E-state index is 8.34. The van der Waals surface area contributed by atoms with Crippen molar-refractivity contribution in [1.82, 2.24) is 8.61 Å². The second-order valence-corrected chi connectivity index (χ2v) is 14.0. The first-order valence-corrected chi connectivity index (χ1v) is 17.7. The van der Waals surface area contributed by atoms with Crippen molar-refractivity contribution in [2.24, 2.45) is 11.8 Å². The molecule has 0 spiro atoms. The molecule has 0 radical (unpaired) electrons. The normalized spacial score (nSPS) is 27.0. The van der Waals surface area contributed by atoms with Gasteiger partial charge in [0.1, 0.15) is 24.5 Å². The van der Waals surface area contributed by atoms with E-state index >= 15 is 0 Å². The third-order valence-electron chi connectivity index (χ3n) is 10.2. The quantitative estimate of drug-likeness (QED) is 0.142. The van der Waals surface area contributed by atoms with E-state index in [-0.39, 0.29) is 0 Å². The van der Waals surface area contributed by atoms with Crippen LogP contribution in [0.3, 0.4) is 0 Å². The highest BCUT2D eigenvalue weighted by atomic mass is 32.2. The van der Waals surface area contributed by atoms with Crippen molar-refractivity contribution in [1.29, 1.82) is 0 Å². The van der Waals surface area contributed by atoms with E-state index in [0.29, 0.717) is 0 Å². The van der Waals surface area contributed by atoms with E-state index in [2.05, 4.69) is 73.6 Å². The molecule has 0 amide bonds. The highest BCUT2D eigenvalue weighted by molar-refractivity contribution is 7.92. The molecule has 6 aliphatic rings. The number of rotatable bonds is 6. The Bertz CT molecular complexity index is 1150. The van der Waals surface area contributed by atoms with Gasteiger partial charge in [0.05, 0.1) is 0 Å². The van der Waals surface area contributed by atoms with Gasteiger partial charge >= 0.3 is 0 Å². The molecule has 0 unspecified atom stereocenters. The van der Waals surface area contributed by atoms with Crippen molar-refractivity contribution < 1.29 is 29.3 Å². The molecule has 0 bridgehead atoms. The monoisotopic (exact) mass is 646 g/mol. The van der Waals surface area contributed by atoms with Crippen LogP contribution in [0.4, 0.5) is 11.4 Å². The molecular formula is C32H46N4O6S2. The molecule has 2 N–H and O–H groups in total. The van der Waals surface area contributed by atoms with Crippen LogP contribution in [0, 0.1) is 11.8 Å². The third-order valence-corrected chi connectivity index (χ3v) is 11.5. The third kappa shape index (κ3) is 6.76. The van der Waals surface area contributed by atoms with Gasteiger partial charge in [0.15, 0.2) is 0 Å². The lowest BCUT2D eigenvalue weighted by Gasteiger charge is -2.38. The number of benzene rings is 2. The van der Waals surface area contributed by atoms with Crippen LogP contribution < -0.4 is 9.80 Å². The Kier molecular flexibility index (Phi) is 11.3. The fourth-order valence-corrected chi connectivity index (χ4v) is 9.50. The Morgan fingerprint density at radius 2 is 1.09 bits per heavy atom. The second-order valence-electron chi connectivity index (χ2n) is 12.4. The molecule has 4 atom stereocenters. The van der Waals surface area contributed by atoms with Crippen molar-refractivity contribution in [3.63, 3.8) is 0 Å². The van der Waals surface area contributed by atoms with Crippen LogP contribution in [-0.4, -0.2) is 58.4 Å². The van der Waals surface area contributed by atoms with Crippen molar-refractivity contribution in [2.75, 3.05) is 49.1 Å². The molecule has 12 heteroatoms. The molecule has 8 rings (SSSR count). The molecule has 2 aromatic rings. The zero-order valence-electron chi connectivity index (χ0n) is 25.8. The predicted molar refractivity (Wildman–Crippen MR) is 174 cm³/mol. The smallest absolute Gasteiger partial charge is 0.124 e. The summed E-state index contributed by atoms with van der Waals surface area (Å²) in [5.74, 6) is 3.16. The first-order valence-electron chi connectivity index (χ1n) is 16.3. The summed E-state index contributed by atoms with van der Waals surface area (Å²) in [4.78, 5) is 5.11. The lowest BCUT2D eigenvalue weighted by Crippen LogP contribution is -2.38. The van der Waals surface area contributed by atoms with Gasteiger partial charge in [-0.05, 0) is 71.6 Å². The zero-order chi connectivity index (χ0) is 30.5. The molecule has 2 aliphatic carbocycles. The summed E-state index contributed by atoms with van der Waals surface area (Å²) in [6, 6.07) is 13.4. The molecule has 0 aromatic heterocycles. The Hall–Kier alpha value is -1.58. The largest absolute Gasteiger partial charge is 0.369 e. The minimum atomic E-state index is 0.757. The average molecular weight is 647 g/mol. The molecule has 2 saturated carbocycles. The summed E-state index contributed by atoms with van der Waals surface area (Å²) >= 11 is 2.14. The number of anilines is 2. The standard InChI is InChI=1S/2C15H20N2O3S.C2H6/c2*18-19-20-21-17-8-7-16-9-11-3-1-5-13(11)14-6-2-4-12(10-17)15(14)16;1-2/h2*2,4,6,11,13,18H,1,3,5,7-10H2;1-2H3/t2*11-,13-;/m00./s1. The molecular weight excluding hydrogens is 601 g/mol. The molecule has 2 aromatic carbocycles. The van der Waals surface area contributed by atoms with Crippen molar-refractivity contribution in [2.45, 2.75) is 77.3 Å². The predicted octanol–water partition coefficient (Wildman–Crippen LogP) is 7.41. The van der Waals surface area contributed by atoms with Gasteiger partial charge < -0.3 is 9.80 Å². The minimum absolute atomic E-state index is 0.757. The van der Waals surface area contributed by atoms with Gasteiger partial charge in [-0.25, -0.2) is 19.1 Å². The maximum Gasteiger partial charge on any atom is 0.124 e. The zero-order valence-corrected chi connectivity index (χ0v) is 27.4. The van der Waals surface area contributed by atoms with Crippen molar-refractivity contribution in [3.05, 3.63) is 58.7 Å². The van der Waals surface area contributed by atoms with E-state index in [9.17, 15) is 0 Å². The van der Waals surface area contributed by atoms with E-state index in [0.717, 1.165) is 87.4 Å². The molecule has 2 fully saturated rings. The van der Waals surface area contributed by atoms with Gasteiger partial charge in [0.25, 0.3) is 0 Å². The van der Waals surface area contributed by atoms with Gasteiger partial charge in [-0.15, -0.1) is 8.67 Å². The SMILES string of the molecule is CC.OOOSN1CCN2C[C@@H]3CCC[C@@H]3c3cccc(c32)C1.OOOSN1CCN2C[C@@H]3CCC[C@@H]3c3cccc(c32)C1. The van der Waals surface area contributed by atoms with Crippen LogP contribution in [0.25, 0.3) is 0 Å². The Labute approximate surface area is 269 Å². The molecule has 0 saturated heterocycles. The summed E-state index contributed by atoms with van der Waals surface area (Å²) < 4.78 is 13.4. The first kappa shape index (κ1) is 32.4. The van der Waals surface area contributed by atoms with Gasteiger partial charge in [-0.1, -0.05) is 73.2 Å². The number of hydrogen-bond acceptors (Lipinski definition) is 12.